The molecule has 0 radical (unpaired) electrons. The molecule has 100 valence electrons. The Balaban J connectivity index is 2.68. The minimum atomic E-state index is -1.05. The molecule has 0 saturated carbocycles. The third-order valence-corrected chi connectivity index (χ3v) is 4.04. The third kappa shape index (κ3) is 4.72. The Morgan fingerprint density at radius 1 is 1.56 bits per heavy atom. The molecular weight excluding hydrogens is 276 g/mol. The van der Waals surface area contributed by atoms with Crippen LogP contribution < -0.4 is 5.73 Å². The van der Waals surface area contributed by atoms with Gasteiger partial charge in [-0.3, -0.25) is 14.3 Å². The Morgan fingerprint density at radius 3 is 2.72 bits per heavy atom. The molecule has 0 spiro atoms. The molecular formula is C11H15ClN2O3S. The molecule has 0 aromatic heterocycles. The van der Waals surface area contributed by atoms with Crippen molar-refractivity contribution in [2.45, 2.75) is 25.1 Å². The minimum Gasteiger partial charge on any atom is -0.328 e. The van der Waals surface area contributed by atoms with Gasteiger partial charge in [0.1, 0.15) is 0 Å². The fraction of sp³-hybridized carbons (Fsp3) is 0.455. The van der Waals surface area contributed by atoms with E-state index in [1.54, 1.807) is 6.07 Å². The van der Waals surface area contributed by atoms with Gasteiger partial charge in [0.15, 0.2) is 0 Å². The van der Waals surface area contributed by atoms with Crippen molar-refractivity contribution in [1.82, 2.24) is 0 Å². The molecule has 1 aromatic carbocycles. The number of non-ortho nitro benzene ring substituents is 1. The van der Waals surface area contributed by atoms with E-state index in [4.69, 9.17) is 17.3 Å². The molecule has 0 fully saturated rings. The van der Waals surface area contributed by atoms with Crippen LogP contribution in [0.25, 0.3) is 0 Å². The monoisotopic (exact) mass is 290 g/mol. The van der Waals surface area contributed by atoms with Gasteiger partial charge in [0.05, 0.1) is 9.95 Å². The number of nitrogens with zero attached hydrogens (tertiary/aromatic N) is 1. The van der Waals surface area contributed by atoms with Crippen molar-refractivity contribution >= 4 is 28.1 Å². The van der Waals surface area contributed by atoms with Crippen molar-refractivity contribution in [3.8, 4) is 0 Å². The molecule has 0 amide bonds. The standard InChI is InChI=1S/C11H15ClN2O3S/c1-8(13)4-5-18(17)7-9-2-3-10(14(15)16)6-11(9)12/h2-3,6,8H,4-5,7,13H2,1H3. The normalized spacial score (nSPS) is 14.2. The summed E-state index contributed by atoms with van der Waals surface area (Å²) in [5, 5.41) is 10.8. The van der Waals surface area contributed by atoms with Crippen LogP contribution in [0.3, 0.4) is 0 Å². The Kier molecular flexibility index (Phi) is 5.71. The summed E-state index contributed by atoms with van der Waals surface area (Å²) in [5.41, 5.74) is 6.17. The first-order chi connectivity index (χ1) is 8.40. The predicted molar refractivity (Wildman–Crippen MR) is 73.1 cm³/mol. The van der Waals surface area contributed by atoms with Crippen molar-refractivity contribution in [2.24, 2.45) is 5.73 Å². The van der Waals surface area contributed by atoms with Crippen LogP contribution in [0.5, 0.6) is 0 Å². The van der Waals surface area contributed by atoms with Crippen molar-refractivity contribution < 1.29 is 9.13 Å². The van der Waals surface area contributed by atoms with E-state index in [1.165, 1.54) is 12.1 Å². The molecule has 0 aliphatic heterocycles. The van der Waals surface area contributed by atoms with Gasteiger partial charge in [-0.1, -0.05) is 11.6 Å². The van der Waals surface area contributed by atoms with E-state index in [-0.39, 0.29) is 16.8 Å². The molecule has 18 heavy (non-hydrogen) atoms. The summed E-state index contributed by atoms with van der Waals surface area (Å²) in [7, 11) is -1.05. The topological polar surface area (TPSA) is 86.2 Å². The summed E-state index contributed by atoms with van der Waals surface area (Å²) in [4.78, 5) is 10.0. The average Bonchev–Trinajstić information content (AvgIpc) is 2.29. The van der Waals surface area contributed by atoms with Crippen molar-refractivity contribution in [3.05, 3.63) is 38.9 Å². The van der Waals surface area contributed by atoms with Crippen LogP contribution in [-0.2, 0) is 16.6 Å². The summed E-state index contributed by atoms with van der Waals surface area (Å²) in [6, 6.07) is 4.20. The van der Waals surface area contributed by atoms with Crippen LogP contribution in [0.4, 0.5) is 5.69 Å². The summed E-state index contributed by atoms with van der Waals surface area (Å²) < 4.78 is 11.8. The highest BCUT2D eigenvalue weighted by atomic mass is 35.5. The molecule has 0 saturated heterocycles. The predicted octanol–water partition coefficient (Wildman–Crippen LogP) is 2.23. The summed E-state index contributed by atoms with van der Waals surface area (Å²) in [6.45, 7) is 1.86. The van der Waals surface area contributed by atoms with E-state index in [2.05, 4.69) is 0 Å². The molecule has 5 nitrogen and oxygen atoms in total. The highest BCUT2D eigenvalue weighted by molar-refractivity contribution is 7.84. The zero-order valence-electron chi connectivity index (χ0n) is 9.97. The second kappa shape index (κ2) is 6.82. The van der Waals surface area contributed by atoms with Gasteiger partial charge in [0, 0.05) is 40.5 Å². The number of nitro benzene ring substituents is 1. The first kappa shape index (κ1) is 15.1. The molecule has 2 N–H and O–H groups in total. The van der Waals surface area contributed by atoms with Gasteiger partial charge in [-0.2, -0.15) is 0 Å². The van der Waals surface area contributed by atoms with E-state index in [0.717, 1.165) is 0 Å². The van der Waals surface area contributed by atoms with Gasteiger partial charge >= 0.3 is 0 Å². The number of nitrogens with two attached hydrogens (primary N) is 1. The van der Waals surface area contributed by atoms with Crippen molar-refractivity contribution in [3.63, 3.8) is 0 Å². The zero-order chi connectivity index (χ0) is 13.7. The van der Waals surface area contributed by atoms with Crippen LogP contribution in [0.1, 0.15) is 18.9 Å². The lowest BCUT2D eigenvalue weighted by Gasteiger charge is -2.06. The van der Waals surface area contributed by atoms with E-state index >= 15 is 0 Å². The first-order valence-corrected chi connectivity index (χ1v) is 7.30. The lowest BCUT2D eigenvalue weighted by molar-refractivity contribution is -0.384. The van der Waals surface area contributed by atoms with Crippen LogP contribution >= 0.6 is 11.6 Å². The summed E-state index contributed by atoms with van der Waals surface area (Å²) >= 11 is 5.92. The van der Waals surface area contributed by atoms with E-state index < -0.39 is 15.7 Å². The Hall–Kier alpha value is -0.980. The van der Waals surface area contributed by atoms with E-state index in [0.29, 0.717) is 23.5 Å². The number of benzene rings is 1. The van der Waals surface area contributed by atoms with E-state index in [9.17, 15) is 14.3 Å². The van der Waals surface area contributed by atoms with Crippen LogP contribution in [0, 0.1) is 10.1 Å². The molecule has 1 aromatic rings. The van der Waals surface area contributed by atoms with Gasteiger partial charge < -0.3 is 5.73 Å². The highest BCUT2D eigenvalue weighted by Crippen LogP contribution is 2.23. The molecule has 0 aliphatic carbocycles. The maximum atomic E-state index is 11.8. The molecule has 7 heteroatoms. The zero-order valence-corrected chi connectivity index (χ0v) is 11.5. The molecule has 2 unspecified atom stereocenters. The first-order valence-electron chi connectivity index (χ1n) is 5.43. The highest BCUT2D eigenvalue weighted by Gasteiger charge is 2.11. The van der Waals surface area contributed by atoms with Gasteiger partial charge in [-0.15, -0.1) is 0 Å². The lowest BCUT2D eigenvalue weighted by Crippen LogP contribution is -2.18. The third-order valence-electron chi connectivity index (χ3n) is 2.36. The van der Waals surface area contributed by atoms with Crippen LogP contribution in [0.15, 0.2) is 18.2 Å². The molecule has 0 heterocycles. The largest absolute Gasteiger partial charge is 0.328 e. The van der Waals surface area contributed by atoms with Gasteiger partial charge in [-0.25, -0.2) is 0 Å². The number of hydrogen-bond acceptors (Lipinski definition) is 4. The molecule has 2 atom stereocenters. The van der Waals surface area contributed by atoms with Crippen LogP contribution in [-0.4, -0.2) is 20.9 Å². The summed E-state index contributed by atoms with van der Waals surface area (Å²) in [5.74, 6) is 0.800. The number of halogens is 1. The Morgan fingerprint density at radius 2 is 2.22 bits per heavy atom. The Bertz CT molecular complexity index is 466. The van der Waals surface area contributed by atoms with Crippen molar-refractivity contribution in [2.75, 3.05) is 5.75 Å². The van der Waals surface area contributed by atoms with Crippen LogP contribution in [0.2, 0.25) is 5.02 Å². The van der Waals surface area contributed by atoms with Gasteiger partial charge in [-0.05, 0) is 25.0 Å². The quantitative estimate of drug-likeness (QED) is 0.643. The number of rotatable bonds is 6. The fourth-order valence-corrected chi connectivity index (χ4v) is 3.03. The van der Waals surface area contributed by atoms with Crippen molar-refractivity contribution in [1.29, 1.82) is 0 Å². The smallest absolute Gasteiger partial charge is 0.270 e. The molecule has 0 aliphatic rings. The summed E-state index contributed by atoms with van der Waals surface area (Å²) in [6.07, 6.45) is 0.678. The second-order valence-electron chi connectivity index (χ2n) is 4.09. The minimum absolute atomic E-state index is 0.0151. The average molecular weight is 291 g/mol. The number of nitro groups is 1. The second-order valence-corrected chi connectivity index (χ2v) is 6.07. The lowest BCUT2D eigenvalue weighted by atomic mass is 10.2. The molecule has 0 bridgehead atoms. The molecule has 1 rings (SSSR count). The van der Waals surface area contributed by atoms with E-state index in [1.807, 2.05) is 6.92 Å². The number of hydrogen-bond donors (Lipinski definition) is 1. The maximum absolute atomic E-state index is 11.8. The van der Waals surface area contributed by atoms with Gasteiger partial charge in [0.2, 0.25) is 0 Å². The van der Waals surface area contributed by atoms with Gasteiger partial charge in [0.25, 0.3) is 5.69 Å². The fourth-order valence-electron chi connectivity index (χ4n) is 1.33. The SMILES string of the molecule is CC(N)CCS(=O)Cc1ccc([N+](=O)[O-])cc1Cl. The maximum Gasteiger partial charge on any atom is 0.270 e. The Labute approximate surface area is 113 Å².